The van der Waals surface area contributed by atoms with E-state index in [0.29, 0.717) is 12.3 Å². The molecule has 1 amide bonds. The van der Waals surface area contributed by atoms with Crippen LogP contribution in [0.5, 0.6) is 0 Å². The van der Waals surface area contributed by atoms with Crippen LogP contribution in [0.15, 0.2) is 12.3 Å². The summed E-state index contributed by atoms with van der Waals surface area (Å²) < 4.78 is 1.76. The molecule has 0 aliphatic heterocycles. The molecule has 106 valence electrons. The van der Waals surface area contributed by atoms with E-state index in [2.05, 4.69) is 15.4 Å². The lowest BCUT2D eigenvalue weighted by Gasteiger charge is -2.09. The third-order valence-corrected chi connectivity index (χ3v) is 4.10. The molecule has 0 radical (unpaired) electrons. The van der Waals surface area contributed by atoms with Gasteiger partial charge in [-0.15, -0.1) is 0 Å². The van der Waals surface area contributed by atoms with Crippen molar-refractivity contribution in [3.05, 3.63) is 18.0 Å². The van der Waals surface area contributed by atoms with E-state index < -0.39 is 0 Å². The van der Waals surface area contributed by atoms with Crippen LogP contribution in [-0.2, 0) is 11.8 Å². The number of aryl methyl sites for hydroxylation is 2. The Kier molecular flexibility index (Phi) is 3.42. The molecule has 20 heavy (non-hydrogen) atoms. The maximum Gasteiger partial charge on any atom is 0.224 e. The molecule has 1 aliphatic carbocycles. The number of nitrogens with zero attached hydrogens (tertiary/aromatic N) is 3. The molecule has 0 atom stereocenters. The van der Waals surface area contributed by atoms with Crippen LogP contribution in [0.1, 0.15) is 37.8 Å². The van der Waals surface area contributed by atoms with E-state index in [0.717, 1.165) is 22.4 Å². The lowest BCUT2D eigenvalue weighted by molar-refractivity contribution is -0.117. The average Bonchev–Trinajstić information content (AvgIpc) is 2.99. The van der Waals surface area contributed by atoms with Gasteiger partial charge in [0.2, 0.25) is 5.91 Å². The van der Waals surface area contributed by atoms with E-state index >= 15 is 0 Å². The van der Waals surface area contributed by atoms with Crippen molar-refractivity contribution in [2.45, 2.75) is 39.0 Å². The predicted molar refractivity (Wildman–Crippen MR) is 78.5 cm³/mol. The molecule has 0 spiro atoms. The summed E-state index contributed by atoms with van der Waals surface area (Å²) in [5, 5.41) is 8.29. The van der Waals surface area contributed by atoms with Crippen molar-refractivity contribution in [1.82, 2.24) is 14.8 Å². The van der Waals surface area contributed by atoms with Crippen LogP contribution in [0.2, 0.25) is 0 Å². The van der Waals surface area contributed by atoms with Gasteiger partial charge in [0.1, 0.15) is 0 Å². The largest absolute Gasteiger partial charge is 0.325 e. The molecule has 1 fully saturated rings. The number of pyridine rings is 1. The summed E-state index contributed by atoms with van der Waals surface area (Å²) in [4.78, 5) is 16.4. The molecule has 0 aromatic carbocycles. The fraction of sp³-hybridized carbons (Fsp3) is 0.533. The molecule has 1 N–H and O–H groups in total. The number of aromatic nitrogens is 3. The molecule has 3 rings (SSSR count). The lowest BCUT2D eigenvalue weighted by Crippen LogP contribution is -2.15. The van der Waals surface area contributed by atoms with Crippen molar-refractivity contribution < 1.29 is 4.79 Å². The minimum absolute atomic E-state index is 0.0968. The first-order valence-corrected chi connectivity index (χ1v) is 7.22. The Morgan fingerprint density at radius 3 is 2.95 bits per heavy atom. The number of hydrogen-bond donors (Lipinski definition) is 1. The summed E-state index contributed by atoms with van der Waals surface area (Å²) >= 11 is 0. The smallest absolute Gasteiger partial charge is 0.224 e. The standard InChI is InChI=1S/C15H20N4O/c1-10-13-8-12(9-16-15(13)19(2)18-10)17-14(20)7-11-5-3-4-6-11/h8-9,11H,3-7H2,1-2H3,(H,17,20). The molecule has 2 aromatic heterocycles. The number of fused-ring (bicyclic) bond motifs is 1. The predicted octanol–water partition coefficient (Wildman–Crippen LogP) is 2.80. The van der Waals surface area contributed by atoms with E-state index in [4.69, 9.17) is 0 Å². The topological polar surface area (TPSA) is 59.8 Å². The third kappa shape index (κ3) is 2.53. The van der Waals surface area contributed by atoms with E-state index in [1.807, 2.05) is 20.0 Å². The zero-order chi connectivity index (χ0) is 14.1. The van der Waals surface area contributed by atoms with Crippen molar-refractivity contribution >= 4 is 22.6 Å². The third-order valence-electron chi connectivity index (χ3n) is 4.10. The second kappa shape index (κ2) is 5.23. The summed E-state index contributed by atoms with van der Waals surface area (Å²) in [6, 6.07) is 1.96. The lowest BCUT2D eigenvalue weighted by atomic mass is 10.0. The first-order chi connectivity index (χ1) is 9.63. The Hall–Kier alpha value is -1.91. The summed E-state index contributed by atoms with van der Waals surface area (Å²) in [6.45, 7) is 1.95. The van der Waals surface area contributed by atoms with Gasteiger partial charge < -0.3 is 5.32 Å². The summed E-state index contributed by atoms with van der Waals surface area (Å²) in [5.74, 6) is 0.659. The first-order valence-electron chi connectivity index (χ1n) is 7.22. The van der Waals surface area contributed by atoms with Gasteiger partial charge >= 0.3 is 0 Å². The van der Waals surface area contributed by atoms with Gasteiger partial charge in [0.15, 0.2) is 5.65 Å². The number of anilines is 1. The van der Waals surface area contributed by atoms with Gasteiger partial charge in [-0.25, -0.2) is 4.98 Å². The molecular weight excluding hydrogens is 252 g/mol. The molecule has 2 heterocycles. The van der Waals surface area contributed by atoms with Gasteiger partial charge in [0.05, 0.1) is 17.6 Å². The number of nitrogens with one attached hydrogen (secondary N) is 1. The Labute approximate surface area is 118 Å². The van der Waals surface area contributed by atoms with Gasteiger partial charge in [0.25, 0.3) is 0 Å². The van der Waals surface area contributed by atoms with E-state index in [-0.39, 0.29) is 5.91 Å². The molecule has 5 nitrogen and oxygen atoms in total. The van der Waals surface area contributed by atoms with Crippen LogP contribution >= 0.6 is 0 Å². The molecule has 1 aliphatic rings. The molecule has 1 saturated carbocycles. The van der Waals surface area contributed by atoms with Crippen molar-refractivity contribution in [2.75, 3.05) is 5.32 Å². The van der Waals surface area contributed by atoms with E-state index in [9.17, 15) is 4.79 Å². The monoisotopic (exact) mass is 272 g/mol. The van der Waals surface area contributed by atoms with Crippen molar-refractivity contribution in [3.8, 4) is 0 Å². The Morgan fingerprint density at radius 1 is 1.45 bits per heavy atom. The van der Waals surface area contributed by atoms with E-state index in [1.54, 1.807) is 10.9 Å². The Balaban J connectivity index is 1.73. The molecule has 0 saturated heterocycles. The van der Waals surface area contributed by atoms with Crippen LogP contribution in [-0.4, -0.2) is 20.7 Å². The number of carbonyl (C=O) groups excluding carboxylic acids is 1. The van der Waals surface area contributed by atoms with Gasteiger partial charge in [-0.1, -0.05) is 12.8 Å². The van der Waals surface area contributed by atoms with Gasteiger partial charge in [0, 0.05) is 18.9 Å². The number of rotatable bonds is 3. The quantitative estimate of drug-likeness (QED) is 0.934. The number of amides is 1. The maximum atomic E-state index is 12.0. The fourth-order valence-electron chi connectivity index (χ4n) is 3.06. The zero-order valence-electron chi connectivity index (χ0n) is 12.0. The minimum Gasteiger partial charge on any atom is -0.325 e. The highest BCUT2D eigenvalue weighted by atomic mass is 16.1. The van der Waals surface area contributed by atoms with Crippen LogP contribution in [0, 0.1) is 12.8 Å². The maximum absolute atomic E-state index is 12.0. The number of hydrogen-bond acceptors (Lipinski definition) is 3. The summed E-state index contributed by atoms with van der Waals surface area (Å²) in [6.07, 6.45) is 7.24. The summed E-state index contributed by atoms with van der Waals surface area (Å²) in [7, 11) is 1.88. The van der Waals surface area contributed by atoms with Crippen molar-refractivity contribution in [1.29, 1.82) is 0 Å². The molecule has 2 aromatic rings. The average molecular weight is 272 g/mol. The highest BCUT2D eigenvalue weighted by Crippen LogP contribution is 2.28. The first kappa shape index (κ1) is 13.1. The molecule has 5 heteroatoms. The van der Waals surface area contributed by atoms with Gasteiger partial charge in [-0.05, 0) is 31.7 Å². The second-order valence-electron chi connectivity index (χ2n) is 5.71. The SMILES string of the molecule is Cc1nn(C)c2ncc(NC(=O)CC3CCCC3)cc12. The second-order valence-corrected chi connectivity index (χ2v) is 5.71. The summed E-state index contributed by atoms with van der Waals surface area (Å²) in [5.41, 5.74) is 2.54. The number of carbonyl (C=O) groups is 1. The zero-order valence-corrected chi connectivity index (χ0v) is 12.0. The fourth-order valence-corrected chi connectivity index (χ4v) is 3.06. The van der Waals surface area contributed by atoms with Crippen LogP contribution in [0.3, 0.4) is 0 Å². The van der Waals surface area contributed by atoms with Crippen molar-refractivity contribution in [3.63, 3.8) is 0 Å². The van der Waals surface area contributed by atoms with Crippen LogP contribution in [0.25, 0.3) is 11.0 Å². The molecular formula is C15H20N4O. The van der Waals surface area contributed by atoms with Crippen molar-refractivity contribution in [2.24, 2.45) is 13.0 Å². The van der Waals surface area contributed by atoms with Crippen LogP contribution < -0.4 is 5.32 Å². The van der Waals surface area contributed by atoms with Gasteiger partial charge in [-0.2, -0.15) is 5.10 Å². The van der Waals surface area contributed by atoms with Crippen LogP contribution in [0.4, 0.5) is 5.69 Å². The van der Waals surface area contributed by atoms with E-state index in [1.165, 1.54) is 25.7 Å². The Morgan fingerprint density at radius 2 is 2.20 bits per heavy atom. The molecule has 0 bridgehead atoms. The normalized spacial score (nSPS) is 15.9. The van der Waals surface area contributed by atoms with Gasteiger partial charge in [-0.3, -0.25) is 9.48 Å². The minimum atomic E-state index is 0.0968. The highest BCUT2D eigenvalue weighted by molar-refractivity contribution is 5.93. The Bertz CT molecular complexity index is 641. The molecule has 0 unspecified atom stereocenters. The highest BCUT2D eigenvalue weighted by Gasteiger charge is 2.18.